The van der Waals surface area contributed by atoms with Gasteiger partial charge in [-0.3, -0.25) is 9.59 Å². The highest BCUT2D eigenvalue weighted by Gasteiger charge is 2.09. The van der Waals surface area contributed by atoms with E-state index in [0.717, 1.165) is 12.8 Å². The van der Waals surface area contributed by atoms with Crippen LogP contribution in [0.4, 0.5) is 0 Å². The van der Waals surface area contributed by atoms with Gasteiger partial charge in [-0.15, -0.1) is 0 Å². The van der Waals surface area contributed by atoms with Gasteiger partial charge >= 0.3 is 5.97 Å². The Bertz CT molecular complexity index is 445. The van der Waals surface area contributed by atoms with Crippen molar-refractivity contribution in [2.45, 2.75) is 26.7 Å². The van der Waals surface area contributed by atoms with Gasteiger partial charge in [-0.2, -0.15) is 0 Å². The first-order chi connectivity index (χ1) is 9.67. The van der Waals surface area contributed by atoms with Crippen LogP contribution in [0, 0.1) is 0 Å². The molecule has 0 saturated heterocycles. The van der Waals surface area contributed by atoms with Gasteiger partial charge in [0.2, 0.25) is 0 Å². The van der Waals surface area contributed by atoms with Crippen molar-refractivity contribution in [3.05, 3.63) is 29.8 Å². The number of amides is 1. The van der Waals surface area contributed by atoms with Gasteiger partial charge in [0.05, 0.1) is 13.2 Å². The molecule has 1 amide bonds. The number of carbonyl (C=O) groups is 2. The van der Waals surface area contributed by atoms with Crippen LogP contribution in [-0.4, -0.2) is 31.6 Å². The number of benzene rings is 1. The normalized spacial score (nSPS) is 9.90. The zero-order valence-corrected chi connectivity index (χ0v) is 12.0. The molecule has 0 unspecified atom stereocenters. The summed E-state index contributed by atoms with van der Waals surface area (Å²) in [7, 11) is 0. The van der Waals surface area contributed by atoms with E-state index in [0.29, 0.717) is 24.5 Å². The summed E-state index contributed by atoms with van der Waals surface area (Å²) in [5.41, 5.74) is 0.461. The van der Waals surface area contributed by atoms with Crippen LogP contribution in [0.3, 0.4) is 0 Å². The van der Waals surface area contributed by atoms with Crippen LogP contribution >= 0.6 is 0 Å². The lowest BCUT2D eigenvalue weighted by Gasteiger charge is -2.08. The van der Waals surface area contributed by atoms with E-state index in [1.165, 1.54) is 0 Å². The molecular formula is C15H21NO4. The molecule has 20 heavy (non-hydrogen) atoms. The monoisotopic (exact) mass is 279 g/mol. The molecule has 0 aliphatic heterocycles. The van der Waals surface area contributed by atoms with Gasteiger partial charge in [-0.05, 0) is 31.5 Å². The zero-order chi connectivity index (χ0) is 14.8. The van der Waals surface area contributed by atoms with E-state index >= 15 is 0 Å². The first kappa shape index (κ1) is 16.0. The SMILES string of the molecule is CCCCOc1cccc(C(=O)NCC(=O)OCC)c1. The Morgan fingerprint density at radius 3 is 2.75 bits per heavy atom. The maximum atomic E-state index is 11.9. The number of rotatable bonds is 8. The summed E-state index contributed by atoms with van der Waals surface area (Å²) in [6.07, 6.45) is 2.03. The number of ether oxygens (including phenoxy) is 2. The number of nitrogens with one attached hydrogen (secondary N) is 1. The highest BCUT2D eigenvalue weighted by Crippen LogP contribution is 2.13. The topological polar surface area (TPSA) is 64.6 Å². The minimum Gasteiger partial charge on any atom is -0.494 e. The Kier molecular flexibility index (Phi) is 7.17. The Balaban J connectivity index is 2.51. The molecule has 1 aromatic carbocycles. The van der Waals surface area contributed by atoms with E-state index in [1.54, 1.807) is 31.2 Å². The molecule has 110 valence electrons. The first-order valence-electron chi connectivity index (χ1n) is 6.84. The Morgan fingerprint density at radius 1 is 1.25 bits per heavy atom. The lowest BCUT2D eigenvalue weighted by atomic mass is 10.2. The quantitative estimate of drug-likeness (QED) is 0.585. The van der Waals surface area contributed by atoms with E-state index in [2.05, 4.69) is 12.2 Å². The van der Waals surface area contributed by atoms with Gasteiger partial charge in [0, 0.05) is 5.56 Å². The smallest absolute Gasteiger partial charge is 0.325 e. The molecule has 0 saturated carbocycles. The Morgan fingerprint density at radius 2 is 2.05 bits per heavy atom. The second-order valence-electron chi connectivity index (χ2n) is 4.22. The predicted molar refractivity (Wildman–Crippen MR) is 75.8 cm³/mol. The standard InChI is InChI=1S/C15H21NO4/c1-3-5-9-20-13-8-6-7-12(10-13)15(18)16-11-14(17)19-4-2/h6-8,10H,3-5,9,11H2,1-2H3,(H,16,18). The van der Waals surface area contributed by atoms with Crippen molar-refractivity contribution in [3.63, 3.8) is 0 Å². The first-order valence-corrected chi connectivity index (χ1v) is 6.84. The second kappa shape index (κ2) is 8.96. The van der Waals surface area contributed by atoms with Crippen molar-refractivity contribution in [1.82, 2.24) is 5.32 Å². The molecule has 0 spiro atoms. The minimum absolute atomic E-state index is 0.131. The molecule has 1 N–H and O–H groups in total. The lowest BCUT2D eigenvalue weighted by molar-refractivity contribution is -0.141. The van der Waals surface area contributed by atoms with Gasteiger partial charge in [0.1, 0.15) is 12.3 Å². The van der Waals surface area contributed by atoms with Crippen LogP contribution < -0.4 is 10.1 Å². The highest BCUT2D eigenvalue weighted by atomic mass is 16.5. The fraction of sp³-hybridized carbons (Fsp3) is 0.467. The maximum Gasteiger partial charge on any atom is 0.325 e. The van der Waals surface area contributed by atoms with Crippen molar-refractivity contribution in [2.24, 2.45) is 0 Å². The van der Waals surface area contributed by atoms with Crippen molar-refractivity contribution in [3.8, 4) is 5.75 Å². The molecule has 1 aromatic rings. The number of unbranched alkanes of at least 4 members (excludes halogenated alkanes) is 1. The fourth-order valence-corrected chi connectivity index (χ4v) is 1.53. The molecule has 0 fully saturated rings. The fourth-order valence-electron chi connectivity index (χ4n) is 1.53. The lowest BCUT2D eigenvalue weighted by Crippen LogP contribution is -2.30. The van der Waals surface area contributed by atoms with E-state index < -0.39 is 5.97 Å². The predicted octanol–water partition coefficient (Wildman–Crippen LogP) is 2.16. The van der Waals surface area contributed by atoms with Crippen LogP contribution in [0.2, 0.25) is 0 Å². The van der Waals surface area contributed by atoms with E-state index in [-0.39, 0.29) is 12.5 Å². The number of hydrogen-bond donors (Lipinski definition) is 1. The summed E-state index contributed by atoms with van der Waals surface area (Å²) < 4.78 is 10.3. The summed E-state index contributed by atoms with van der Waals surface area (Å²) >= 11 is 0. The van der Waals surface area contributed by atoms with Crippen molar-refractivity contribution in [2.75, 3.05) is 19.8 Å². The second-order valence-corrected chi connectivity index (χ2v) is 4.22. The van der Waals surface area contributed by atoms with Gasteiger partial charge in [0.15, 0.2) is 0 Å². The number of esters is 1. The summed E-state index contributed by atoms with van der Waals surface area (Å²) in [6, 6.07) is 6.89. The molecule has 0 aliphatic rings. The summed E-state index contributed by atoms with van der Waals surface area (Å²) in [4.78, 5) is 23.0. The third-order valence-electron chi connectivity index (χ3n) is 2.56. The number of carbonyl (C=O) groups excluding carboxylic acids is 2. The molecule has 0 aromatic heterocycles. The number of hydrogen-bond acceptors (Lipinski definition) is 4. The Labute approximate surface area is 119 Å². The van der Waals surface area contributed by atoms with Gasteiger partial charge in [0.25, 0.3) is 5.91 Å². The average molecular weight is 279 g/mol. The van der Waals surface area contributed by atoms with Crippen molar-refractivity contribution in [1.29, 1.82) is 0 Å². The molecule has 0 aliphatic carbocycles. The Hall–Kier alpha value is -2.04. The van der Waals surface area contributed by atoms with E-state index in [4.69, 9.17) is 9.47 Å². The molecule has 0 heterocycles. The zero-order valence-electron chi connectivity index (χ0n) is 12.0. The summed E-state index contributed by atoms with van der Waals surface area (Å²) in [5, 5.41) is 2.51. The molecule has 0 atom stereocenters. The van der Waals surface area contributed by atoms with Crippen LogP contribution in [0.15, 0.2) is 24.3 Å². The van der Waals surface area contributed by atoms with Crippen LogP contribution in [-0.2, 0) is 9.53 Å². The average Bonchev–Trinajstić information content (AvgIpc) is 2.46. The third-order valence-corrected chi connectivity index (χ3v) is 2.56. The molecular weight excluding hydrogens is 258 g/mol. The largest absolute Gasteiger partial charge is 0.494 e. The van der Waals surface area contributed by atoms with Gasteiger partial charge < -0.3 is 14.8 Å². The molecule has 1 rings (SSSR count). The highest BCUT2D eigenvalue weighted by molar-refractivity contribution is 5.96. The van der Waals surface area contributed by atoms with E-state index in [9.17, 15) is 9.59 Å². The van der Waals surface area contributed by atoms with Crippen molar-refractivity contribution < 1.29 is 19.1 Å². The molecule has 0 bridgehead atoms. The van der Waals surface area contributed by atoms with Gasteiger partial charge in [-0.1, -0.05) is 19.4 Å². The molecule has 0 radical (unpaired) electrons. The maximum absolute atomic E-state index is 11.9. The van der Waals surface area contributed by atoms with Crippen LogP contribution in [0.1, 0.15) is 37.0 Å². The minimum atomic E-state index is -0.448. The van der Waals surface area contributed by atoms with Crippen LogP contribution in [0.25, 0.3) is 0 Å². The van der Waals surface area contributed by atoms with E-state index in [1.807, 2.05) is 0 Å². The third kappa shape index (κ3) is 5.73. The summed E-state index contributed by atoms with van der Waals surface area (Å²) in [6.45, 7) is 4.60. The van der Waals surface area contributed by atoms with Gasteiger partial charge in [-0.25, -0.2) is 0 Å². The molecule has 5 nitrogen and oxygen atoms in total. The van der Waals surface area contributed by atoms with Crippen molar-refractivity contribution >= 4 is 11.9 Å². The van der Waals surface area contributed by atoms with Crippen LogP contribution in [0.5, 0.6) is 5.75 Å². The summed E-state index contributed by atoms with van der Waals surface area (Å²) in [5.74, 6) is -0.113. The molecule has 5 heteroatoms.